The van der Waals surface area contributed by atoms with Gasteiger partial charge in [0.15, 0.2) is 27.4 Å². The van der Waals surface area contributed by atoms with E-state index in [0.29, 0.717) is 31.1 Å². The van der Waals surface area contributed by atoms with E-state index in [1.54, 1.807) is 24.3 Å². The van der Waals surface area contributed by atoms with E-state index < -0.39 is 27.8 Å². The van der Waals surface area contributed by atoms with E-state index in [4.69, 9.17) is 14.2 Å². The number of hydrogen-bond acceptors (Lipinski definition) is 7. The molecular formula is C20H25NO7S. The molecule has 3 rings (SSSR count). The summed E-state index contributed by atoms with van der Waals surface area (Å²) in [4.78, 5) is 25.9. The molecule has 1 amide bonds. The molecule has 2 aliphatic rings. The number of likely N-dealkylation sites (N-methyl/N-ethyl adjacent to an activating group) is 1. The van der Waals surface area contributed by atoms with Crippen molar-refractivity contribution in [2.24, 2.45) is 0 Å². The number of amides is 1. The van der Waals surface area contributed by atoms with Crippen LogP contribution in [-0.4, -0.2) is 69.1 Å². The minimum absolute atomic E-state index is 0.0556. The van der Waals surface area contributed by atoms with Crippen LogP contribution in [0.15, 0.2) is 24.3 Å². The van der Waals surface area contributed by atoms with Gasteiger partial charge in [-0.25, -0.2) is 13.2 Å². The third kappa shape index (κ3) is 5.50. The Morgan fingerprint density at radius 3 is 2.66 bits per heavy atom. The number of fused-ring (bicyclic) bond motifs is 1. The highest BCUT2D eigenvalue weighted by molar-refractivity contribution is 7.91. The summed E-state index contributed by atoms with van der Waals surface area (Å²) in [5.74, 6) is 0.213. The van der Waals surface area contributed by atoms with Crippen molar-refractivity contribution in [3.05, 3.63) is 29.8 Å². The zero-order valence-electron chi connectivity index (χ0n) is 16.5. The van der Waals surface area contributed by atoms with Crippen molar-refractivity contribution < 1.29 is 32.2 Å². The largest absolute Gasteiger partial charge is 0.490 e. The molecule has 1 fully saturated rings. The normalized spacial score (nSPS) is 21.4. The summed E-state index contributed by atoms with van der Waals surface area (Å²) >= 11 is 0. The highest BCUT2D eigenvalue weighted by Crippen LogP contribution is 2.30. The highest BCUT2D eigenvalue weighted by Gasteiger charge is 2.34. The van der Waals surface area contributed by atoms with Gasteiger partial charge in [0.2, 0.25) is 0 Å². The summed E-state index contributed by atoms with van der Waals surface area (Å²) in [6.07, 6.45) is 3.00. The Balaban J connectivity index is 1.55. The molecule has 8 nitrogen and oxygen atoms in total. The van der Waals surface area contributed by atoms with Gasteiger partial charge < -0.3 is 19.1 Å². The third-order valence-corrected chi connectivity index (χ3v) is 6.68. The Bertz CT molecular complexity index is 909. The van der Waals surface area contributed by atoms with Gasteiger partial charge >= 0.3 is 5.97 Å². The molecule has 0 aliphatic carbocycles. The lowest BCUT2D eigenvalue weighted by molar-refractivity contribution is -0.155. The Kier molecular flexibility index (Phi) is 6.46. The van der Waals surface area contributed by atoms with Gasteiger partial charge in [0, 0.05) is 25.6 Å². The van der Waals surface area contributed by atoms with Crippen LogP contribution in [0.3, 0.4) is 0 Å². The number of sulfone groups is 1. The van der Waals surface area contributed by atoms with Crippen LogP contribution in [0.4, 0.5) is 0 Å². The first-order chi connectivity index (χ1) is 13.7. The summed E-state index contributed by atoms with van der Waals surface area (Å²) in [6, 6.07) is 4.96. The molecule has 0 saturated carbocycles. The minimum Gasteiger partial charge on any atom is -0.490 e. The quantitative estimate of drug-likeness (QED) is 0.522. The fraction of sp³-hybridized carbons (Fsp3) is 0.500. The highest BCUT2D eigenvalue weighted by atomic mass is 32.2. The van der Waals surface area contributed by atoms with E-state index in [2.05, 4.69) is 0 Å². The number of esters is 1. The lowest BCUT2D eigenvalue weighted by atomic mass is 10.2. The van der Waals surface area contributed by atoms with Gasteiger partial charge in [-0.15, -0.1) is 0 Å². The molecule has 0 radical (unpaired) electrons. The molecule has 1 aromatic rings. The average molecular weight is 423 g/mol. The van der Waals surface area contributed by atoms with E-state index in [0.717, 1.165) is 12.0 Å². The molecule has 2 aliphatic heterocycles. The fourth-order valence-corrected chi connectivity index (χ4v) is 5.03. The summed E-state index contributed by atoms with van der Waals surface area (Å²) in [7, 11) is -1.57. The molecule has 0 bridgehead atoms. The Morgan fingerprint density at radius 1 is 1.24 bits per heavy atom. The molecule has 0 N–H and O–H groups in total. The molecule has 2 atom stereocenters. The van der Waals surface area contributed by atoms with Crippen molar-refractivity contribution in [3.63, 3.8) is 0 Å². The second-order valence-electron chi connectivity index (χ2n) is 7.18. The summed E-state index contributed by atoms with van der Waals surface area (Å²) in [6.45, 7) is 2.64. The maximum absolute atomic E-state index is 12.4. The number of carbonyl (C=O) groups excluding carboxylic acids is 2. The van der Waals surface area contributed by atoms with Crippen LogP contribution in [0.1, 0.15) is 25.3 Å². The predicted octanol–water partition coefficient (Wildman–Crippen LogP) is 1.44. The Hall–Kier alpha value is -2.55. The number of rotatable bonds is 5. The monoisotopic (exact) mass is 423 g/mol. The second-order valence-corrected chi connectivity index (χ2v) is 9.40. The molecule has 158 valence electrons. The Labute approximate surface area is 170 Å². The molecule has 9 heteroatoms. The fourth-order valence-electron chi connectivity index (χ4n) is 3.26. The van der Waals surface area contributed by atoms with Gasteiger partial charge in [-0.1, -0.05) is 6.07 Å². The zero-order valence-corrected chi connectivity index (χ0v) is 17.3. The minimum atomic E-state index is -3.10. The average Bonchev–Trinajstić information content (AvgIpc) is 2.90. The van der Waals surface area contributed by atoms with Crippen molar-refractivity contribution in [2.75, 3.05) is 31.8 Å². The zero-order chi connectivity index (χ0) is 21.0. The van der Waals surface area contributed by atoms with E-state index >= 15 is 0 Å². The first-order valence-corrected chi connectivity index (χ1v) is 11.3. The lowest BCUT2D eigenvalue weighted by Crippen LogP contribution is -2.44. The number of hydrogen-bond donors (Lipinski definition) is 0. The molecule has 1 saturated heterocycles. The van der Waals surface area contributed by atoms with Crippen LogP contribution in [0.25, 0.3) is 6.08 Å². The topological polar surface area (TPSA) is 99.2 Å². The molecule has 0 spiro atoms. The first-order valence-electron chi connectivity index (χ1n) is 9.50. The van der Waals surface area contributed by atoms with E-state index in [9.17, 15) is 18.0 Å². The van der Waals surface area contributed by atoms with Crippen LogP contribution in [0, 0.1) is 0 Å². The van der Waals surface area contributed by atoms with Crippen molar-refractivity contribution in [1.82, 2.24) is 4.90 Å². The molecule has 0 unspecified atom stereocenters. The third-order valence-electron chi connectivity index (χ3n) is 4.93. The summed E-state index contributed by atoms with van der Waals surface area (Å²) in [5.41, 5.74) is 0.735. The summed E-state index contributed by atoms with van der Waals surface area (Å²) < 4.78 is 39.5. The second kappa shape index (κ2) is 8.86. The maximum atomic E-state index is 12.4. The van der Waals surface area contributed by atoms with Gasteiger partial charge in [0.25, 0.3) is 5.91 Å². The van der Waals surface area contributed by atoms with E-state index in [1.165, 1.54) is 24.9 Å². The van der Waals surface area contributed by atoms with Gasteiger partial charge in [-0.2, -0.15) is 0 Å². The molecule has 0 aromatic heterocycles. The number of benzene rings is 1. The standard InChI is InChI=1S/C20H25NO7S/c1-14(20(23)21(2)16-8-11-29(24,25)13-16)28-19(22)7-5-15-4-6-17-18(12-15)27-10-3-9-26-17/h4-7,12,14,16H,3,8-11,13H2,1-2H3/b7-5+/t14-,16+/m1/s1. The van der Waals surface area contributed by atoms with E-state index in [-0.39, 0.29) is 17.5 Å². The van der Waals surface area contributed by atoms with Crippen molar-refractivity contribution in [1.29, 1.82) is 0 Å². The first kappa shape index (κ1) is 21.2. The predicted molar refractivity (Wildman–Crippen MR) is 106 cm³/mol. The van der Waals surface area contributed by atoms with Gasteiger partial charge in [0.05, 0.1) is 24.7 Å². The van der Waals surface area contributed by atoms with E-state index in [1.807, 2.05) is 0 Å². The van der Waals surface area contributed by atoms with Crippen LogP contribution < -0.4 is 9.47 Å². The maximum Gasteiger partial charge on any atom is 0.331 e. The van der Waals surface area contributed by atoms with Crippen LogP contribution in [0.2, 0.25) is 0 Å². The van der Waals surface area contributed by atoms with Gasteiger partial charge in [-0.3, -0.25) is 4.79 Å². The number of nitrogens with zero attached hydrogens (tertiary/aromatic N) is 1. The van der Waals surface area contributed by atoms with Crippen LogP contribution in [-0.2, 0) is 24.2 Å². The van der Waals surface area contributed by atoms with Crippen LogP contribution >= 0.6 is 0 Å². The molecular weight excluding hydrogens is 398 g/mol. The SMILES string of the molecule is C[C@@H](OC(=O)/C=C/c1ccc2c(c1)OCCCO2)C(=O)N(C)[C@H]1CCS(=O)(=O)C1. The number of carbonyl (C=O) groups is 2. The van der Waals surface area contributed by atoms with Gasteiger partial charge in [0.1, 0.15) is 0 Å². The molecule has 1 aromatic carbocycles. The number of ether oxygens (including phenoxy) is 3. The van der Waals surface area contributed by atoms with Crippen molar-refractivity contribution >= 4 is 27.8 Å². The van der Waals surface area contributed by atoms with Crippen molar-refractivity contribution in [3.8, 4) is 11.5 Å². The van der Waals surface area contributed by atoms with Crippen molar-refractivity contribution in [2.45, 2.75) is 31.9 Å². The smallest absolute Gasteiger partial charge is 0.331 e. The van der Waals surface area contributed by atoms with Crippen LogP contribution in [0.5, 0.6) is 11.5 Å². The lowest BCUT2D eigenvalue weighted by Gasteiger charge is -2.26. The Morgan fingerprint density at radius 2 is 1.97 bits per heavy atom. The summed E-state index contributed by atoms with van der Waals surface area (Å²) in [5, 5.41) is 0. The molecule has 29 heavy (non-hydrogen) atoms. The van der Waals surface area contributed by atoms with Gasteiger partial charge in [-0.05, 0) is 37.1 Å². The molecule has 2 heterocycles.